The summed E-state index contributed by atoms with van der Waals surface area (Å²) in [6.45, 7) is 4.23. The van der Waals surface area contributed by atoms with Gasteiger partial charge in [-0.3, -0.25) is 9.79 Å². The number of benzene rings is 1. The molecule has 1 aromatic carbocycles. The third-order valence-corrected chi connectivity index (χ3v) is 5.77. The first-order chi connectivity index (χ1) is 13.7. The van der Waals surface area contributed by atoms with Crippen molar-refractivity contribution < 1.29 is 4.79 Å². The quantitative estimate of drug-likeness (QED) is 0.378. The van der Waals surface area contributed by atoms with E-state index in [0.29, 0.717) is 6.42 Å². The molecule has 1 aromatic heterocycles. The highest BCUT2D eigenvalue weighted by Crippen LogP contribution is 2.35. The van der Waals surface area contributed by atoms with E-state index in [0.717, 1.165) is 51.5 Å². The molecule has 3 heterocycles. The van der Waals surface area contributed by atoms with E-state index in [9.17, 15) is 4.79 Å². The predicted octanol–water partition coefficient (Wildman–Crippen LogP) is 2.23. The molecule has 2 aliphatic heterocycles. The Hall–Kier alpha value is -2.10. The molecule has 7 nitrogen and oxygen atoms in total. The third kappa shape index (κ3) is 5.29. The van der Waals surface area contributed by atoms with Crippen molar-refractivity contribution in [2.24, 2.45) is 10.4 Å². The summed E-state index contributed by atoms with van der Waals surface area (Å²) in [7, 11) is 1.83. The van der Waals surface area contributed by atoms with Crippen LogP contribution >= 0.6 is 24.0 Å². The Kier molecular flexibility index (Phi) is 7.15. The summed E-state index contributed by atoms with van der Waals surface area (Å²) in [5.41, 5.74) is 2.55. The molecule has 2 N–H and O–H groups in total. The molecular formula is C21H29IN6O. The van der Waals surface area contributed by atoms with Crippen LogP contribution in [0.5, 0.6) is 0 Å². The Bertz CT molecular complexity index is 835. The molecule has 1 amide bonds. The highest BCUT2D eigenvalue weighted by atomic mass is 127. The Morgan fingerprint density at radius 3 is 2.76 bits per heavy atom. The van der Waals surface area contributed by atoms with Crippen LogP contribution in [-0.2, 0) is 17.9 Å². The van der Waals surface area contributed by atoms with Crippen molar-refractivity contribution in [2.75, 3.05) is 26.7 Å². The van der Waals surface area contributed by atoms with Gasteiger partial charge >= 0.3 is 0 Å². The fourth-order valence-electron chi connectivity index (χ4n) is 4.30. The van der Waals surface area contributed by atoms with E-state index in [2.05, 4.69) is 54.3 Å². The maximum atomic E-state index is 11.7. The summed E-state index contributed by atoms with van der Waals surface area (Å²) >= 11 is 0. The number of aliphatic imine (C=N–C) groups is 1. The number of guanidine groups is 1. The van der Waals surface area contributed by atoms with Crippen LogP contribution in [0.15, 0.2) is 48.0 Å². The highest BCUT2D eigenvalue weighted by molar-refractivity contribution is 14.0. The van der Waals surface area contributed by atoms with Gasteiger partial charge in [0.1, 0.15) is 0 Å². The van der Waals surface area contributed by atoms with E-state index >= 15 is 0 Å². The summed E-state index contributed by atoms with van der Waals surface area (Å²) < 4.78 is 2.06. The topological polar surface area (TPSA) is 74.6 Å². The standard InChI is InChI=1S/C21H28N6O.HI/c1-22-20(27-9-2-7-21(15-27)11-19(28)25-14-21)24-12-17-3-5-18(6-4-17)13-26-10-8-23-16-26;/h3-6,8,10,16H,2,7,9,11-15H2,1H3,(H,22,24)(H,25,28);1H. The van der Waals surface area contributed by atoms with Crippen molar-refractivity contribution in [1.29, 1.82) is 0 Å². The van der Waals surface area contributed by atoms with Crippen LogP contribution in [0.4, 0.5) is 0 Å². The van der Waals surface area contributed by atoms with E-state index in [1.54, 1.807) is 6.20 Å². The molecule has 0 saturated carbocycles. The minimum Gasteiger partial charge on any atom is -0.355 e. The first kappa shape index (κ1) is 21.6. The first-order valence-corrected chi connectivity index (χ1v) is 9.92. The molecule has 0 bridgehead atoms. The molecule has 4 rings (SSSR count). The van der Waals surface area contributed by atoms with Crippen LogP contribution in [0, 0.1) is 5.41 Å². The van der Waals surface area contributed by atoms with Gasteiger partial charge in [0.2, 0.25) is 5.91 Å². The first-order valence-electron chi connectivity index (χ1n) is 9.92. The molecule has 1 spiro atoms. The van der Waals surface area contributed by atoms with Crippen molar-refractivity contribution >= 4 is 35.8 Å². The lowest BCUT2D eigenvalue weighted by molar-refractivity contribution is -0.119. The summed E-state index contributed by atoms with van der Waals surface area (Å²) in [4.78, 5) is 22.6. The van der Waals surface area contributed by atoms with Gasteiger partial charge in [0, 0.05) is 64.0 Å². The van der Waals surface area contributed by atoms with Gasteiger partial charge in [0.15, 0.2) is 5.96 Å². The number of likely N-dealkylation sites (tertiary alicyclic amines) is 1. The highest BCUT2D eigenvalue weighted by Gasteiger charge is 2.42. The number of amides is 1. The van der Waals surface area contributed by atoms with Crippen LogP contribution in [0.25, 0.3) is 0 Å². The van der Waals surface area contributed by atoms with E-state index in [-0.39, 0.29) is 35.3 Å². The average molecular weight is 508 g/mol. The van der Waals surface area contributed by atoms with Crippen LogP contribution in [0.1, 0.15) is 30.4 Å². The fraction of sp³-hybridized carbons (Fsp3) is 0.476. The second kappa shape index (κ2) is 9.60. The molecule has 1 atom stereocenters. The largest absolute Gasteiger partial charge is 0.355 e. The van der Waals surface area contributed by atoms with Gasteiger partial charge in [-0.05, 0) is 24.0 Å². The third-order valence-electron chi connectivity index (χ3n) is 5.77. The predicted molar refractivity (Wildman–Crippen MR) is 124 cm³/mol. The zero-order valence-corrected chi connectivity index (χ0v) is 19.1. The van der Waals surface area contributed by atoms with Gasteiger partial charge in [-0.15, -0.1) is 24.0 Å². The Balaban J connectivity index is 0.00000240. The molecule has 2 saturated heterocycles. The van der Waals surface area contributed by atoms with Crippen LogP contribution in [-0.4, -0.2) is 53.0 Å². The van der Waals surface area contributed by atoms with Gasteiger partial charge in [-0.25, -0.2) is 4.98 Å². The monoisotopic (exact) mass is 508 g/mol. The van der Waals surface area contributed by atoms with Gasteiger partial charge in [0.05, 0.1) is 6.33 Å². The van der Waals surface area contributed by atoms with Crippen molar-refractivity contribution in [2.45, 2.75) is 32.4 Å². The number of aromatic nitrogens is 2. The van der Waals surface area contributed by atoms with E-state index in [4.69, 9.17) is 0 Å². The smallest absolute Gasteiger partial charge is 0.220 e. The van der Waals surface area contributed by atoms with Crippen molar-refractivity contribution in [1.82, 2.24) is 25.1 Å². The second-order valence-corrected chi connectivity index (χ2v) is 7.93. The lowest BCUT2D eigenvalue weighted by atomic mass is 9.79. The fourth-order valence-corrected chi connectivity index (χ4v) is 4.30. The summed E-state index contributed by atoms with van der Waals surface area (Å²) in [6, 6.07) is 8.63. The van der Waals surface area contributed by atoms with Gasteiger partial charge in [-0.1, -0.05) is 24.3 Å². The summed E-state index contributed by atoms with van der Waals surface area (Å²) in [5.74, 6) is 1.10. The number of carbonyl (C=O) groups excluding carboxylic acids is 1. The maximum absolute atomic E-state index is 11.7. The van der Waals surface area contributed by atoms with Gasteiger partial charge in [-0.2, -0.15) is 0 Å². The average Bonchev–Trinajstić information content (AvgIpc) is 3.34. The lowest BCUT2D eigenvalue weighted by Crippen LogP contribution is -2.51. The number of nitrogens with one attached hydrogen (secondary N) is 2. The van der Waals surface area contributed by atoms with Crippen molar-refractivity contribution in [3.8, 4) is 0 Å². The van der Waals surface area contributed by atoms with Gasteiger partial charge in [0.25, 0.3) is 0 Å². The zero-order valence-electron chi connectivity index (χ0n) is 16.8. The van der Waals surface area contributed by atoms with Crippen molar-refractivity contribution in [3.63, 3.8) is 0 Å². The van der Waals surface area contributed by atoms with Crippen molar-refractivity contribution in [3.05, 3.63) is 54.1 Å². The second-order valence-electron chi connectivity index (χ2n) is 7.93. The van der Waals surface area contributed by atoms with E-state index in [1.165, 1.54) is 11.1 Å². The van der Waals surface area contributed by atoms with Crippen LogP contribution < -0.4 is 10.6 Å². The summed E-state index contributed by atoms with van der Waals surface area (Å²) in [6.07, 6.45) is 8.44. The number of rotatable bonds is 4. The lowest BCUT2D eigenvalue weighted by Gasteiger charge is -2.40. The maximum Gasteiger partial charge on any atom is 0.220 e. The Morgan fingerprint density at radius 1 is 1.31 bits per heavy atom. The number of hydrogen-bond acceptors (Lipinski definition) is 3. The number of imidazole rings is 1. The molecule has 1 unspecified atom stereocenters. The number of hydrogen-bond donors (Lipinski definition) is 2. The number of nitrogens with zero attached hydrogens (tertiary/aromatic N) is 4. The molecule has 0 radical (unpaired) electrons. The zero-order chi connectivity index (χ0) is 19.4. The molecule has 2 fully saturated rings. The number of piperidine rings is 1. The molecule has 156 valence electrons. The molecule has 29 heavy (non-hydrogen) atoms. The normalized spacial score (nSPS) is 21.8. The Labute approximate surface area is 189 Å². The number of halogens is 1. The van der Waals surface area contributed by atoms with Crippen LogP contribution in [0.3, 0.4) is 0 Å². The van der Waals surface area contributed by atoms with Gasteiger partial charge < -0.3 is 20.1 Å². The molecule has 8 heteroatoms. The van der Waals surface area contributed by atoms with E-state index < -0.39 is 0 Å². The minimum absolute atomic E-state index is 0. The molecular weight excluding hydrogens is 479 g/mol. The molecule has 2 aromatic rings. The van der Waals surface area contributed by atoms with Crippen LogP contribution in [0.2, 0.25) is 0 Å². The number of carbonyl (C=O) groups is 1. The Morgan fingerprint density at radius 2 is 2.10 bits per heavy atom. The molecule has 0 aliphatic carbocycles. The SMILES string of the molecule is CN=C(NCc1ccc(Cn2ccnc2)cc1)N1CCCC2(CNC(=O)C2)C1.I. The summed E-state index contributed by atoms with van der Waals surface area (Å²) in [5, 5.41) is 6.50. The molecule has 2 aliphatic rings. The minimum atomic E-state index is 0. The van der Waals surface area contributed by atoms with E-state index in [1.807, 2.05) is 19.6 Å².